The summed E-state index contributed by atoms with van der Waals surface area (Å²) in [4.78, 5) is 10.7. The summed E-state index contributed by atoms with van der Waals surface area (Å²) < 4.78 is 0. The third-order valence-electron chi connectivity index (χ3n) is 3.37. The second-order valence-electron chi connectivity index (χ2n) is 6.66. The fourth-order valence-corrected chi connectivity index (χ4v) is 4.17. The predicted octanol–water partition coefficient (Wildman–Crippen LogP) is 4.93. The molecule has 5 heteroatoms. The number of nitrogens with zero attached hydrogens (tertiary/aromatic N) is 2. The average Bonchev–Trinajstić information content (AvgIpc) is 2.94. The number of thiazole rings is 2. The van der Waals surface area contributed by atoms with Crippen LogP contribution in [0, 0.1) is 13.8 Å². The number of hydrogen-bond donors (Lipinski definition) is 1. The van der Waals surface area contributed by atoms with Crippen LogP contribution in [0.5, 0.6) is 0 Å². The van der Waals surface area contributed by atoms with Gasteiger partial charge in [-0.2, -0.15) is 0 Å². The standard InChI is InChI=1S/C16H25N3S2/c1-9-8-20-14(17-9)12(4)18-10(2)13-11(3)19-15(21-13)16(5,6)7/h8,10,12,18H,1-7H3. The number of nitrogens with one attached hydrogen (secondary N) is 1. The van der Waals surface area contributed by atoms with Crippen molar-refractivity contribution in [3.05, 3.63) is 31.7 Å². The van der Waals surface area contributed by atoms with Gasteiger partial charge in [0, 0.05) is 27.4 Å². The van der Waals surface area contributed by atoms with Crippen LogP contribution in [0.3, 0.4) is 0 Å². The smallest absolute Gasteiger partial charge is 0.110 e. The first kappa shape index (κ1) is 16.6. The van der Waals surface area contributed by atoms with E-state index in [4.69, 9.17) is 4.98 Å². The molecule has 0 fully saturated rings. The number of rotatable bonds is 4. The van der Waals surface area contributed by atoms with E-state index in [-0.39, 0.29) is 17.5 Å². The lowest BCUT2D eigenvalue weighted by atomic mass is 9.98. The molecule has 2 rings (SSSR count). The minimum absolute atomic E-state index is 0.117. The zero-order valence-corrected chi connectivity index (χ0v) is 15.6. The molecule has 0 spiro atoms. The number of aryl methyl sites for hydroxylation is 2. The molecule has 2 heterocycles. The van der Waals surface area contributed by atoms with E-state index in [1.165, 1.54) is 9.88 Å². The van der Waals surface area contributed by atoms with Crippen LogP contribution in [0.15, 0.2) is 5.38 Å². The number of hydrogen-bond acceptors (Lipinski definition) is 5. The maximum Gasteiger partial charge on any atom is 0.110 e. The first-order valence-corrected chi connectivity index (χ1v) is 9.04. The molecular weight excluding hydrogens is 298 g/mol. The highest BCUT2D eigenvalue weighted by molar-refractivity contribution is 7.12. The summed E-state index contributed by atoms with van der Waals surface area (Å²) in [6, 6.07) is 0.552. The van der Waals surface area contributed by atoms with Crippen molar-refractivity contribution in [2.24, 2.45) is 0 Å². The molecule has 0 bridgehead atoms. The summed E-state index contributed by atoms with van der Waals surface area (Å²) in [6.45, 7) is 15.2. The van der Waals surface area contributed by atoms with Crippen molar-refractivity contribution in [2.45, 2.75) is 66.0 Å². The molecule has 2 aromatic heterocycles. The van der Waals surface area contributed by atoms with Gasteiger partial charge in [0.05, 0.1) is 16.7 Å². The van der Waals surface area contributed by atoms with Crippen LogP contribution in [-0.4, -0.2) is 9.97 Å². The predicted molar refractivity (Wildman–Crippen MR) is 92.4 cm³/mol. The molecule has 0 saturated carbocycles. The van der Waals surface area contributed by atoms with Gasteiger partial charge >= 0.3 is 0 Å². The molecule has 0 amide bonds. The Kier molecular flexibility index (Phi) is 4.85. The largest absolute Gasteiger partial charge is 0.301 e. The van der Waals surface area contributed by atoms with Crippen LogP contribution in [0.2, 0.25) is 0 Å². The highest BCUT2D eigenvalue weighted by Crippen LogP contribution is 2.33. The van der Waals surface area contributed by atoms with Gasteiger partial charge in [-0.15, -0.1) is 22.7 Å². The molecule has 0 aromatic carbocycles. The van der Waals surface area contributed by atoms with Crippen molar-refractivity contribution < 1.29 is 0 Å². The van der Waals surface area contributed by atoms with Gasteiger partial charge in [-0.25, -0.2) is 9.97 Å². The molecule has 21 heavy (non-hydrogen) atoms. The first-order chi connectivity index (χ1) is 9.68. The van der Waals surface area contributed by atoms with Crippen LogP contribution < -0.4 is 5.32 Å². The molecular formula is C16H25N3S2. The molecule has 3 nitrogen and oxygen atoms in total. The van der Waals surface area contributed by atoms with Crippen LogP contribution in [0.25, 0.3) is 0 Å². The van der Waals surface area contributed by atoms with Gasteiger partial charge in [-0.3, -0.25) is 0 Å². The Balaban J connectivity index is 2.13. The summed E-state index contributed by atoms with van der Waals surface area (Å²) in [7, 11) is 0. The molecule has 0 saturated heterocycles. The second-order valence-corrected chi connectivity index (χ2v) is 8.58. The third kappa shape index (κ3) is 3.90. The van der Waals surface area contributed by atoms with Gasteiger partial charge in [-0.1, -0.05) is 20.8 Å². The van der Waals surface area contributed by atoms with Crippen molar-refractivity contribution in [3.63, 3.8) is 0 Å². The highest BCUT2D eigenvalue weighted by Gasteiger charge is 2.23. The van der Waals surface area contributed by atoms with Gasteiger partial charge in [0.1, 0.15) is 5.01 Å². The van der Waals surface area contributed by atoms with E-state index >= 15 is 0 Å². The van der Waals surface area contributed by atoms with Gasteiger partial charge in [0.2, 0.25) is 0 Å². The zero-order valence-electron chi connectivity index (χ0n) is 13.9. The maximum absolute atomic E-state index is 4.75. The highest BCUT2D eigenvalue weighted by atomic mass is 32.1. The lowest BCUT2D eigenvalue weighted by Gasteiger charge is -2.18. The van der Waals surface area contributed by atoms with Gasteiger partial charge < -0.3 is 5.32 Å². The van der Waals surface area contributed by atoms with Crippen molar-refractivity contribution in [1.29, 1.82) is 0 Å². The molecule has 0 radical (unpaired) electrons. The molecule has 0 aliphatic rings. The van der Waals surface area contributed by atoms with E-state index in [2.05, 4.69) is 57.2 Å². The molecule has 0 aliphatic carbocycles. The Labute approximate surface area is 135 Å². The fraction of sp³-hybridized carbons (Fsp3) is 0.625. The van der Waals surface area contributed by atoms with Gasteiger partial charge in [0.25, 0.3) is 0 Å². The summed E-state index contributed by atoms with van der Waals surface area (Å²) in [5.74, 6) is 0. The lowest BCUT2D eigenvalue weighted by Crippen LogP contribution is -2.22. The van der Waals surface area contributed by atoms with Crippen LogP contribution >= 0.6 is 22.7 Å². The molecule has 1 N–H and O–H groups in total. The van der Waals surface area contributed by atoms with Crippen LogP contribution in [0.4, 0.5) is 0 Å². The summed E-state index contributed by atoms with van der Waals surface area (Å²) in [5, 5.41) is 8.11. The Morgan fingerprint density at radius 2 is 1.76 bits per heavy atom. The van der Waals surface area contributed by atoms with Crippen molar-refractivity contribution in [2.75, 3.05) is 0 Å². The van der Waals surface area contributed by atoms with Crippen LogP contribution in [0.1, 0.15) is 73.0 Å². The maximum atomic E-state index is 4.75. The van der Waals surface area contributed by atoms with Gasteiger partial charge in [0.15, 0.2) is 0 Å². The Hall–Kier alpha value is -0.780. The van der Waals surface area contributed by atoms with Crippen molar-refractivity contribution >= 4 is 22.7 Å². The summed E-state index contributed by atoms with van der Waals surface area (Å²) in [5.41, 5.74) is 2.36. The molecule has 0 aliphatic heterocycles. The summed E-state index contributed by atoms with van der Waals surface area (Å²) in [6.07, 6.45) is 0. The van der Waals surface area contributed by atoms with Crippen LogP contribution in [-0.2, 0) is 5.41 Å². The van der Waals surface area contributed by atoms with E-state index in [0.29, 0.717) is 0 Å². The van der Waals surface area contributed by atoms with E-state index in [9.17, 15) is 0 Å². The zero-order chi connectivity index (χ0) is 15.8. The lowest BCUT2D eigenvalue weighted by molar-refractivity contribution is 0.496. The Morgan fingerprint density at radius 3 is 2.24 bits per heavy atom. The molecule has 2 aromatic rings. The minimum Gasteiger partial charge on any atom is -0.301 e. The average molecular weight is 324 g/mol. The van der Waals surface area contributed by atoms with E-state index in [1.807, 2.05) is 18.3 Å². The summed E-state index contributed by atoms with van der Waals surface area (Å²) >= 11 is 3.55. The normalized spacial score (nSPS) is 15.2. The first-order valence-electron chi connectivity index (χ1n) is 7.34. The fourth-order valence-electron chi connectivity index (χ4n) is 2.22. The number of aromatic nitrogens is 2. The van der Waals surface area contributed by atoms with E-state index < -0.39 is 0 Å². The van der Waals surface area contributed by atoms with Crippen molar-refractivity contribution in [3.8, 4) is 0 Å². The monoisotopic (exact) mass is 323 g/mol. The van der Waals surface area contributed by atoms with Gasteiger partial charge in [-0.05, 0) is 27.7 Å². The molecule has 2 unspecified atom stereocenters. The molecule has 2 atom stereocenters. The minimum atomic E-state index is 0.117. The topological polar surface area (TPSA) is 37.8 Å². The van der Waals surface area contributed by atoms with E-state index in [1.54, 1.807) is 11.3 Å². The van der Waals surface area contributed by atoms with Crippen molar-refractivity contribution in [1.82, 2.24) is 15.3 Å². The molecule has 116 valence electrons. The third-order valence-corrected chi connectivity index (χ3v) is 6.29. The SMILES string of the molecule is Cc1csc(C(C)NC(C)c2sc(C(C)(C)C)nc2C)n1. The Morgan fingerprint density at radius 1 is 1.10 bits per heavy atom. The van der Waals surface area contributed by atoms with E-state index in [0.717, 1.165) is 16.4 Å². The second kappa shape index (κ2) is 6.15. The quantitative estimate of drug-likeness (QED) is 0.867. The Bertz CT molecular complexity index is 607.